The molecule has 0 radical (unpaired) electrons. The first-order valence-corrected chi connectivity index (χ1v) is 10.8. The number of anilines is 3. The van der Waals surface area contributed by atoms with Gasteiger partial charge < -0.3 is 20.3 Å². The SMILES string of the molecule is Cc1ccc(Nc2nc(N3CCN[C@@H](C)C3)nc3c(C)nn(CCOCC(F)(F)F)c23)nc1. The first-order valence-electron chi connectivity index (χ1n) is 10.8. The number of fused-ring (bicyclic) bond motifs is 1. The largest absolute Gasteiger partial charge is 0.411 e. The number of nitrogens with zero attached hydrogens (tertiary/aromatic N) is 6. The van der Waals surface area contributed by atoms with Crippen molar-refractivity contribution in [2.75, 3.05) is 43.1 Å². The molecule has 0 amide bonds. The second kappa shape index (κ2) is 9.48. The van der Waals surface area contributed by atoms with Gasteiger partial charge in [-0.15, -0.1) is 0 Å². The average Bonchev–Trinajstić information content (AvgIpc) is 3.08. The van der Waals surface area contributed by atoms with Crippen molar-refractivity contribution in [1.29, 1.82) is 0 Å². The highest BCUT2D eigenvalue weighted by Crippen LogP contribution is 2.28. The number of hydrogen-bond acceptors (Lipinski definition) is 8. The van der Waals surface area contributed by atoms with Crippen molar-refractivity contribution in [3.8, 4) is 0 Å². The molecule has 0 aromatic carbocycles. The van der Waals surface area contributed by atoms with E-state index in [1.54, 1.807) is 10.9 Å². The number of alkyl halides is 3. The highest BCUT2D eigenvalue weighted by molar-refractivity contribution is 5.90. The average molecular weight is 464 g/mol. The number of hydrogen-bond donors (Lipinski definition) is 2. The molecule has 2 N–H and O–H groups in total. The first kappa shape index (κ1) is 23.2. The summed E-state index contributed by atoms with van der Waals surface area (Å²) in [7, 11) is 0. The van der Waals surface area contributed by atoms with Gasteiger partial charge in [0.15, 0.2) is 5.82 Å². The molecule has 3 aromatic heterocycles. The Balaban J connectivity index is 1.69. The number of halogens is 3. The summed E-state index contributed by atoms with van der Waals surface area (Å²) < 4.78 is 43.7. The van der Waals surface area contributed by atoms with Crippen LogP contribution in [0.4, 0.5) is 30.8 Å². The maximum atomic E-state index is 12.4. The van der Waals surface area contributed by atoms with Gasteiger partial charge >= 0.3 is 6.18 Å². The zero-order valence-electron chi connectivity index (χ0n) is 18.8. The number of nitrogens with one attached hydrogen (secondary N) is 2. The third-order valence-electron chi connectivity index (χ3n) is 5.27. The molecule has 1 saturated heterocycles. The van der Waals surface area contributed by atoms with E-state index < -0.39 is 12.8 Å². The van der Waals surface area contributed by atoms with Crippen LogP contribution in [-0.2, 0) is 11.3 Å². The van der Waals surface area contributed by atoms with E-state index in [0.717, 1.165) is 25.2 Å². The molecule has 1 atom stereocenters. The van der Waals surface area contributed by atoms with Crippen LogP contribution < -0.4 is 15.5 Å². The van der Waals surface area contributed by atoms with Crippen molar-refractivity contribution >= 4 is 28.6 Å². The van der Waals surface area contributed by atoms with Crippen molar-refractivity contribution in [2.24, 2.45) is 0 Å². The molecule has 0 unspecified atom stereocenters. The maximum absolute atomic E-state index is 12.4. The summed E-state index contributed by atoms with van der Waals surface area (Å²) in [6.07, 6.45) is -2.63. The summed E-state index contributed by atoms with van der Waals surface area (Å²) in [6, 6.07) is 4.07. The van der Waals surface area contributed by atoms with E-state index in [0.29, 0.717) is 40.4 Å². The van der Waals surface area contributed by atoms with Gasteiger partial charge in [-0.05, 0) is 32.4 Å². The van der Waals surface area contributed by atoms with Gasteiger partial charge in [0.2, 0.25) is 5.95 Å². The van der Waals surface area contributed by atoms with Gasteiger partial charge in [-0.2, -0.15) is 23.3 Å². The topological polar surface area (TPSA) is 93.0 Å². The van der Waals surface area contributed by atoms with Gasteiger partial charge in [-0.1, -0.05) is 6.07 Å². The molecule has 33 heavy (non-hydrogen) atoms. The summed E-state index contributed by atoms with van der Waals surface area (Å²) in [5.41, 5.74) is 2.91. The lowest BCUT2D eigenvalue weighted by molar-refractivity contribution is -0.174. The highest BCUT2D eigenvalue weighted by atomic mass is 19.4. The van der Waals surface area contributed by atoms with Gasteiger partial charge in [-0.3, -0.25) is 4.68 Å². The van der Waals surface area contributed by atoms with Crippen molar-refractivity contribution in [1.82, 2.24) is 30.0 Å². The molecule has 0 bridgehead atoms. The molecule has 178 valence electrons. The van der Waals surface area contributed by atoms with E-state index in [2.05, 4.69) is 32.5 Å². The van der Waals surface area contributed by atoms with Gasteiger partial charge in [-0.25, -0.2) is 9.97 Å². The molecular formula is C21H27F3N8O. The fourth-order valence-electron chi connectivity index (χ4n) is 3.72. The fourth-order valence-corrected chi connectivity index (χ4v) is 3.72. The molecule has 9 nitrogen and oxygen atoms in total. The van der Waals surface area contributed by atoms with Crippen LogP contribution in [0.2, 0.25) is 0 Å². The zero-order chi connectivity index (χ0) is 23.6. The Hall–Kier alpha value is -2.99. The van der Waals surface area contributed by atoms with Crippen molar-refractivity contribution in [3.05, 3.63) is 29.6 Å². The Morgan fingerprint density at radius 1 is 1.24 bits per heavy atom. The minimum absolute atomic E-state index is 0.129. The summed E-state index contributed by atoms with van der Waals surface area (Å²) in [5.74, 6) is 1.66. The van der Waals surface area contributed by atoms with Gasteiger partial charge in [0.05, 0.1) is 18.8 Å². The van der Waals surface area contributed by atoms with Crippen LogP contribution in [-0.4, -0.2) is 69.8 Å². The number of piperazine rings is 1. The van der Waals surface area contributed by atoms with Gasteiger partial charge in [0.25, 0.3) is 0 Å². The van der Waals surface area contributed by atoms with Crippen molar-refractivity contribution in [3.63, 3.8) is 0 Å². The number of rotatable bonds is 7. The zero-order valence-corrected chi connectivity index (χ0v) is 18.8. The normalized spacial score (nSPS) is 17.0. The monoisotopic (exact) mass is 464 g/mol. The van der Waals surface area contributed by atoms with Crippen LogP contribution in [0.3, 0.4) is 0 Å². The second-order valence-corrected chi connectivity index (χ2v) is 8.19. The third-order valence-corrected chi connectivity index (χ3v) is 5.27. The van der Waals surface area contributed by atoms with E-state index in [1.165, 1.54) is 0 Å². The standard InChI is InChI=1S/C21H27F3N8O/c1-13-4-5-16(26-10-13)27-19-18-17(28-20(29-19)31-7-6-25-14(2)11-31)15(3)30-32(18)8-9-33-12-21(22,23)24/h4-5,10,14,25H,6-9,11-12H2,1-3H3,(H,26,27,28,29)/t14-/m0/s1. The Kier molecular flexibility index (Phi) is 6.66. The molecule has 3 aromatic rings. The summed E-state index contributed by atoms with van der Waals surface area (Å²) in [6.45, 7) is 6.89. The minimum atomic E-state index is -4.37. The van der Waals surface area contributed by atoms with Crippen LogP contribution >= 0.6 is 0 Å². The molecule has 12 heteroatoms. The van der Waals surface area contributed by atoms with Crippen molar-refractivity contribution in [2.45, 2.75) is 39.5 Å². The Morgan fingerprint density at radius 3 is 2.76 bits per heavy atom. The fraction of sp³-hybridized carbons (Fsp3) is 0.524. The lowest BCUT2D eigenvalue weighted by Crippen LogP contribution is -2.49. The van der Waals surface area contributed by atoms with E-state index in [-0.39, 0.29) is 13.2 Å². The molecular weight excluding hydrogens is 437 g/mol. The number of aryl methyl sites for hydroxylation is 2. The van der Waals surface area contributed by atoms with Crippen LogP contribution in [0.1, 0.15) is 18.2 Å². The maximum Gasteiger partial charge on any atom is 0.411 e. The Morgan fingerprint density at radius 2 is 2.06 bits per heavy atom. The lowest BCUT2D eigenvalue weighted by atomic mass is 10.2. The molecule has 4 heterocycles. The molecule has 1 aliphatic rings. The van der Waals surface area contributed by atoms with E-state index in [4.69, 9.17) is 14.7 Å². The second-order valence-electron chi connectivity index (χ2n) is 8.19. The Labute approximate surface area is 189 Å². The molecule has 1 fully saturated rings. The minimum Gasteiger partial charge on any atom is -0.370 e. The summed E-state index contributed by atoms with van der Waals surface area (Å²) in [5, 5.41) is 11.2. The van der Waals surface area contributed by atoms with E-state index >= 15 is 0 Å². The van der Waals surface area contributed by atoms with E-state index in [9.17, 15) is 13.2 Å². The predicted molar refractivity (Wildman–Crippen MR) is 119 cm³/mol. The predicted octanol–water partition coefficient (Wildman–Crippen LogP) is 2.96. The summed E-state index contributed by atoms with van der Waals surface area (Å²) in [4.78, 5) is 16.0. The molecule has 0 aliphatic carbocycles. The van der Waals surface area contributed by atoms with Crippen LogP contribution in [0, 0.1) is 13.8 Å². The Bertz CT molecular complexity index is 1100. The number of ether oxygens (including phenoxy) is 1. The molecule has 1 aliphatic heterocycles. The van der Waals surface area contributed by atoms with Crippen LogP contribution in [0.25, 0.3) is 11.0 Å². The lowest BCUT2D eigenvalue weighted by Gasteiger charge is -2.32. The third kappa shape index (κ3) is 5.69. The highest BCUT2D eigenvalue weighted by Gasteiger charge is 2.27. The first-order chi connectivity index (χ1) is 15.7. The quantitative estimate of drug-likeness (QED) is 0.516. The summed E-state index contributed by atoms with van der Waals surface area (Å²) >= 11 is 0. The van der Waals surface area contributed by atoms with Gasteiger partial charge in [0, 0.05) is 31.9 Å². The van der Waals surface area contributed by atoms with Crippen molar-refractivity contribution < 1.29 is 17.9 Å². The van der Waals surface area contributed by atoms with E-state index in [1.807, 2.05) is 26.0 Å². The van der Waals surface area contributed by atoms with Crippen LogP contribution in [0.5, 0.6) is 0 Å². The molecule has 0 spiro atoms. The smallest absolute Gasteiger partial charge is 0.370 e. The number of pyridine rings is 1. The van der Waals surface area contributed by atoms with Gasteiger partial charge in [0.1, 0.15) is 23.5 Å². The van der Waals surface area contributed by atoms with Crippen LogP contribution in [0.15, 0.2) is 18.3 Å². The molecule has 0 saturated carbocycles. The number of aromatic nitrogens is 5. The molecule has 4 rings (SSSR count).